The molecular formula is C27H24ClF3. The van der Waals surface area contributed by atoms with Crippen LogP contribution in [-0.4, -0.2) is 0 Å². The van der Waals surface area contributed by atoms with Crippen molar-refractivity contribution >= 4 is 33.1 Å². The molecule has 0 unspecified atom stereocenters. The van der Waals surface area contributed by atoms with E-state index in [4.69, 9.17) is 11.6 Å². The molecule has 4 heteroatoms. The Morgan fingerprint density at radius 2 is 1.35 bits per heavy atom. The van der Waals surface area contributed by atoms with Crippen molar-refractivity contribution in [3.63, 3.8) is 0 Å². The van der Waals surface area contributed by atoms with Gasteiger partial charge >= 0.3 is 0 Å². The Morgan fingerprint density at radius 3 is 2.06 bits per heavy atom. The number of benzene rings is 4. The van der Waals surface area contributed by atoms with Crippen LogP contribution >= 0.6 is 11.6 Å². The lowest BCUT2D eigenvalue weighted by molar-refractivity contribution is 0.584. The Kier molecular flexibility index (Phi) is 6.52. The van der Waals surface area contributed by atoms with Gasteiger partial charge in [0.15, 0.2) is 0 Å². The molecule has 0 bridgehead atoms. The van der Waals surface area contributed by atoms with Crippen molar-refractivity contribution in [2.45, 2.75) is 45.4 Å². The maximum absolute atomic E-state index is 15.0. The molecule has 0 aliphatic carbocycles. The Balaban J connectivity index is 1.68. The lowest BCUT2D eigenvalue weighted by Crippen LogP contribution is -1.91. The minimum Gasteiger partial charge on any atom is -0.206 e. The van der Waals surface area contributed by atoms with Crippen LogP contribution in [0.4, 0.5) is 13.2 Å². The van der Waals surface area contributed by atoms with Crippen molar-refractivity contribution in [1.82, 2.24) is 0 Å². The summed E-state index contributed by atoms with van der Waals surface area (Å²) in [5.74, 6) is -2.34. The van der Waals surface area contributed by atoms with Crippen molar-refractivity contribution in [3.8, 4) is 11.1 Å². The first-order valence-electron chi connectivity index (χ1n) is 10.8. The van der Waals surface area contributed by atoms with Crippen LogP contribution in [0.1, 0.15) is 44.6 Å². The van der Waals surface area contributed by atoms with Crippen LogP contribution in [0, 0.1) is 17.5 Å². The normalized spacial score (nSPS) is 11.5. The third-order valence-electron chi connectivity index (χ3n) is 5.85. The lowest BCUT2D eigenvalue weighted by Gasteiger charge is -2.11. The van der Waals surface area contributed by atoms with E-state index in [2.05, 4.69) is 19.1 Å². The highest BCUT2D eigenvalue weighted by molar-refractivity contribution is 6.31. The number of unbranched alkanes of at least 4 members (excludes halogenated alkanes) is 4. The SMILES string of the molecule is CCCCCCCc1ccc2c(ccc3cc(-c4cc(F)c(Cl)c(F)c4)c(F)cc32)c1. The molecule has 0 N–H and O–H groups in total. The van der Waals surface area contributed by atoms with Gasteiger partial charge in [-0.1, -0.05) is 74.5 Å². The van der Waals surface area contributed by atoms with Crippen LogP contribution in [0.15, 0.2) is 54.6 Å². The van der Waals surface area contributed by atoms with Crippen molar-refractivity contribution in [2.75, 3.05) is 0 Å². The van der Waals surface area contributed by atoms with E-state index >= 15 is 0 Å². The van der Waals surface area contributed by atoms with Crippen LogP contribution in [0.2, 0.25) is 5.02 Å². The minimum atomic E-state index is -0.906. The number of fused-ring (bicyclic) bond motifs is 3. The van der Waals surface area contributed by atoms with E-state index in [0.717, 1.165) is 40.1 Å². The molecule has 4 rings (SSSR count). The van der Waals surface area contributed by atoms with Crippen molar-refractivity contribution in [2.24, 2.45) is 0 Å². The number of hydrogen-bond donors (Lipinski definition) is 0. The van der Waals surface area contributed by atoms with E-state index in [-0.39, 0.29) is 11.1 Å². The van der Waals surface area contributed by atoms with E-state index in [0.29, 0.717) is 0 Å². The molecule has 160 valence electrons. The van der Waals surface area contributed by atoms with E-state index in [9.17, 15) is 13.2 Å². The van der Waals surface area contributed by atoms with Gasteiger partial charge in [0, 0.05) is 5.56 Å². The first-order valence-corrected chi connectivity index (χ1v) is 11.2. The van der Waals surface area contributed by atoms with Gasteiger partial charge in [0.25, 0.3) is 0 Å². The van der Waals surface area contributed by atoms with Crippen LogP contribution in [0.5, 0.6) is 0 Å². The molecule has 0 fully saturated rings. The summed E-state index contributed by atoms with van der Waals surface area (Å²) in [5.41, 5.74) is 1.55. The number of halogens is 4. The molecule has 4 aromatic rings. The first kappa shape index (κ1) is 21.7. The minimum absolute atomic E-state index is 0.123. The predicted molar refractivity (Wildman–Crippen MR) is 124 cm³/mol. The molecular weight excluding hydrogens is 417 g/mol. The van der Waals surface area contributed by atoms with Crippen LogP contribution in [0.25, 0.3) is 32.7 Å². The summed E-state index contributed by atoms with van der Waals surface area (Å²) in [6.07, 6.45) is 7.25. The summed E-state index contributed by atoms with van der Waals surface area (Å²) in [5, 5.41) is 3.03. The molecule has 0 aliphatic heterocycles. The van der Waals surface area contributed by atoms with Crippen LogP contribution < -0.4 is 0 Å². The smallest absolute Gasteiger partial charge is 0.145 e. The highest BCUT2D eigenvalue weighted by Gasteiger charge is 2.14. The lowest BCUT2D eigenvalue weighted by atomic mass is 9.95. The summed E-state index contributed by atoms with van der Waals surface area (Å²) < 4.78 is 42.7. The molecule has 0 spiro atoms. The van der Waals surface area contributed by atoms with Crippen LogP contribution in [0.3, 0.4) is 0 Å². The first-order chi connectivity index (χ1) is 15.0. The fraction of sp³-hybridized carbons (Fsp3) is 0.259. The maximum atomic E-state index is 15.0. The molecule has 0 amide bonds. The van der Waals surface area contributed by atoms with Gasteiger partial charge < -0.3 is 0 Å². The van der Waals surface area contributed by atoms with Crippen molar-refractivity contribution in [1.29, 1.82) is 0 Å². The zero-order chi connectivity index (χ0) is 22.0. The van der Waals surface area contributed by atoms with Gasteiger partial charge in [-0.05, 0) is 69.8 Å². The Labute approximate surface area is 185 Å². The van der Waals surface area contributed by atoms with E-state index in [1.807, 2.05) is 18.2 Å². The zero-order valence-corrected chi connectivity index (χ0v) is 18.2. The third kappa shape index (κ3) is 4.57. The maximum Gasteiger partial charge on any atom is 0.145 e. The largest absolute Gasteiger partial charge is 0.206 e. The molecule has 31 heavy (non-hydrogen) atoms. The molecule has 0 aromatic heterocycles. The second-order valence-corrected chi connectivity index (χ2v) is 8.47. The van der Waals surface area contributed by atoms with Gasteiger partial charge in [-0.15, -0.1) is 0 Å². The van der Waals surface area contributed by atoms with Gasteiger partial charge in [-0.3, -0.25) is 0 Å². The fourth-order valence-corrected chi connectivity index (χ4v) is 4.27. The number of hydrogen-bond acceptors (Lipinski definition) is 0. The Hall–Kier alpha value is -2.52. The molecule has 4 aromatic carbocycles. The average Bonchev–Trinajstić information content (AvgIpc) is 2.76. The summed E-state index contributed by atoms with van der Waals surface area (Å²) in [6, 6.07) is 15.5. The number of aryl methyl sites for hydroxylation is 1. The quantitative estimate of drug-likeness (QED) is 0.152. The zero-order valence-electron chi connectivity index (χ0n) is 17.5. The van der Waals surface area contributed by atoms with Crippen LogP contribution in [-0.2, 0) is 6.42 Å². The molecule has 0 radical (unpaired) electrons. The number of rotatable bonds is 7. The van der Waals surface area contributed by atoms with E-state index in [1.54, 1.807) is 6.07 Å². The van der Waals surface area contributed by atoms with E-state index < -0.39 is 22.5 Å². The molecule has 0 saturated heterocycles. The summed E-state index contributed by atoms with van der Waals surface area (Å²) in [6.45, 7) is 2.21. The fourth-order valence-electron chi connectivity index (χ4n) is 4.16. The average molecular weight is 441 g/mol. The molecule has 0 heterocycles. The molecule has 0 aliphatic rings. The van der Waals surface area contributed by atoms with Gasteiger partial charge in [0.1, 0.15) is 22.5 Å². The highest BCUT2D eigenvalue weighted by Crippen LogP contribution is 2.34. The van der Waals surface area contributed by atoms with Crippen molar-refractivity contribution in [3.05, 3.63) is 82.6 Å². The molecule has 0 nitrogen and oxygen atoms in total. The second-order valence-electron chi connectivity index (χ2n) is 8.09. The topological polar surface area (TPSA) is 0 Å². The third-order valence-corrected chi connectivity index (χ3v) is 6.21. The standard InChI is InChI=1S/C27H24ClF3/c1-2-3-4-5-6-7-17-8-11-21-18(12-17)9-10-19-13-23(24(29)16-22(19)21)20-14-25(30)27(28)26(31)15-20/h8-16H,2-7H2,1H3. The van der Waals surface area contributed by atoms with Gasteiger partial charge in [0.05, 0.1) is 0 Å². The summed E-state index contributed by atoms with van der Waals surface area (Å²) in [7, 11) is 0. The summed E-state index contributed by atoms with van der Waals surface area (Å²) in [4.78, 5) is 0. The molecule has 0 saturated carbocycles. The Bertz CT molecular complexity index is 1220. The van der Waals surface area contributed by atoms with Gasteiger partial charge in [-0.2, -0.15) is 0 Å². The van der Waals surface area contributed by atoms with Gasteiger partial charge in [0.2, 0.25) is 0 Å². The Morgan fingerprint density at radius 1 is 0.677 bits per heavy atom. The monoisotopic (exact) mass is 440 g/mol. The summed E-state index contributed by atoms with van der Waals surface area (Å²) >= 11 is 5.56. The van der Waals surface area contributed by atoms with Crippen molar-refractivity contribution < 1.29 is 13.2 Å². The van der Waals surface area contributed by atoms with E-state index in [1.165, 1.54) is 43.7 Å². The predicted octanol–water partition coefficient (Wildman–Crippen LogP) is 9.24. The second kappa shape index (κ2) is 9.32. The highest BCUT2D eigenvalue weighted by atomic mass is 35.5. The van der Waals surface area contributed by atoms with Gasteiger partial charge in [-0.25, -0.2) is 13.2 Å². The molecule has 0 atom stereocenters.